The van der Waals surface area contributed by atoms with Crippen LogP contribution < -0.4 is 10.6 Å². The molecule has 0 aliphatic carbocycles. The van der Waals surface area contributed by atoms with Crippen molar-refractivity contribution in [3.8, 4) is 0 Å². The van der Waals surface area contributed by atoms with E-state index in [1.54, 1.807) is 32.9 Å². The maximum absolute atomic E-state index is 13.6. The molecule has 182 valence electrons. The van der Waals surface area contributed by atoms with Gasteiger partial charge in [0.1, 0.15) is 18.2 Å². The van der Waals surface area contributed by atoms with Gasteiger partial charge in [0, 0.05) is 11.7 Å². The minimum absolute atomic E-state index is 0.303. The van der Waals surface area contributed by atoms with Crippen molar-refractivity contribution in [3.05, 3.63) is 71.8 Å². The molecule has 0 saturated heterocycles. The molecule has 0 aliphatic rings. The Bertz CT molecular complexity index is 1040. The number of para-hydroxylation sites is 1. The number of rotatable bonds is 8. The highest BCUT2D eigenvalue weighted by Crippen LogP contribution is 2.27. The van der Waals surface area contributed by atoms with Crippen LogP contribution in [0.15, 0.2) is 55.1 Å². The Hall–Kier alpha value is -3.61. The van der Waals surface area contributed by atoms with Crippen LogP contribution in [0.2, 0.25) is 0 Å². The average molecular weight is 466 g/mol. The van der Waals surface area contributed by atoms with Crippen molar-refractivity contribution in [1.82, 2.24) is 10.2 Å². The van der Waals surface area contributed by atoms with Crippen molar-refractivity contribution in [1.29, 1.82) is 0 Å². The molecule has 2 rings (SSSR count). The zero-order valence-electron chi connectivity index (χ0n) is 20.8. The van der Waals surface area contributed by atoms with Crippen LogP contribution in [0.3, 0.4) is 0 Å². The van der Waals surface area contributed by atoms with Gasteiger partial charge in [-0.2, -0.15) is 0 Å². The second-order valence-electron chi connectivity index (χ2n) is 9.33. The van der Waals surface area contributed by atoms with Crippen molar-refractivity contribution in [2.75, 3.05) is 11.9 Å². The third-order valence-corrected chi connectivity index (χ3v) is 5.02. The van der Waals surface area contributed by atoms with Gasteiger partial charge in [0.2, 0.25) is 5.91 Å². The molecule has 1 atom stereocenters. The van der Waals surface area contributed by atoms with Crippen LogP contribution in [0.4, 0.5) is 10.5 Å². The summed E-state index contributed by atoms with van der Waals surface area (Å²) in [6.07, 6.45) is 0.991. The van der Waals surface area contributed by atoms with Crippen molar-refractivity contribution < 1.29 is 19.1 Å². The number of hydrogen-bond donors (Lipinski definition) is 2. The Kier molecular flexibility index (Phi) is 9.01. The summed E-state index contributed by atoms with van der Waals surface area (Å²) in [6, 6.07) is 13.5. The molecule has 0 aliphatic heterocycles. The Morgan fingerprint density at radius 3 is 2.35 bits per heavy atom. The fraction of sp³-hybridized carbons (Fsp3) is 0.370. The summed E-state index contributed by atoms with van der Waals surface area (Å²) in [5.41, 5.74) is 2.35. The first-order valence-corrected chi connectivity index (χ1v) is 11.3. The van der Waals surface area contributed by atoms with Gasteiger partial charge < -0.3 is 20.3 Å². The van der Waals surface area contributed by atoms with Crippen LogP contribution in [-0.2, 0) is 14.3 Å². The normalized spacial score (nSPS) is 12.0. The minimum atomic E-state index is -0.924. The van der Waals surface area contributed by atoms with Crippen molar-refractivity contribution in [2.24, 2.45) is 0 Å². The highest BCUT2D eigenvalue weighted by atomic mass is 16.6. The molecular formula is C27H35N3O4. The Morgan fingerprint density at radius 2 is 1.76 bits per heavy atom. The molecule has 0 aromatic heterocycles. The molecular weight excluding hydrogens is 430 g/mol. The first-order chi connectivity index (χ1) is 15.9. The summed E-state index contributed by atoms with van der Waals surface area (Å²) in [7, 11) is 0. The quantitative estimate of drug-likeness (QED) is 0.569. The summed E-state index contributed by atoms with van der Waals surface area (Å²) < 4.78 is 5.23. The van der Waals surface area contributed by atoms with Gasteiger partial charge >= 0.3 is 6.09 Å². The third kappa shape index (κ3) is 7.47. The Balaban J connectivity index is 2.39. The van der Waals surface area contributed by atoms with Crippen LogP contribution in [-0.4, -0.2) is 41.0 Å². The Labute approximate surface area is 202 Å². The number of alkyl carbamates (subject to hydrolysis) is 1. The number of carbonyl (C=O) groups is 3. The molecule has 0 spiro atoms. The second kappa shape index (κ2) is 11.5. The first kappa shape index (κ1) is 26.6. The van der Waals surface area contributed by atoms with Gasteiger partial charge in [-0.3, -0.25) is 9.59 Å². The lowest BCUT2D eigenvalue weighted by Crippen LogP contribution is -2.49. The number of benzene rings is 2. The van der Waals surface area contributed by atoms with Crippen LogP contribution in [0, 0.1) is 6.92 Å². The zero-order valence-corrected chi connectivity index (χ0v) is 20.8. The molecule has 7 heteroatoms. The predicted octanol–water partition coefficient (Wildman–Crippen LogP) is 5.08. The van der Waals surface area contributed by atoms with E-state index in [2.05, 4.69) is 17.2 Å². The molecule has 7 nitrogen and oxygen atoms in total. The lowest BCUT2D eigenvalue weighted by atomic mass is 9.99. The summed E-state index contributed by atoms with van der Waals surface area (Å²) >= 11 is 0. The fourth-order valence-electron chi connectivity index (χ4n) is 3.49. The number of hydrogen-bond acceptors (Lipinski definition) is 4. The number of aryl methyl sites for hydroxylation is 1. The lowest BCUT2D eigenvalue weighted by molar-refractivity contribution is -0.140. The molecule has 0 heterocycles. The average Bonchev–Trinajstić information content (AvgIpc) is 2.75. The molecule has 2 aromatic carbocycles. The smallest absolute Gasteiger partial charge is 0.408 e. The number of nitrogens with one attached hydrogen (secondary N) is 2. The minimum Gasteiger partial charge on any atom is -0.444 e. The summed E-state index contributed by atoms with van der Waals surface area (Å²) in [5.74, 6) is -0.760. The number of carbonyl (C=O) groups excluding carboxylic acids is 3. The standard InChI is InChI=1S/C27H35N3O4/c1-8-20-13-11-14-21(16-20)24(25(32)29-22-15-10-9-12-19(22)4)30(18(2)3)23(31)17-28-26(33)34-27(5,6)7/h8-16,18,24H,1,17H2,2-7H3,(H,28,33)(H,29,32). The number of amides is 3. The van der Waals surface area contributed by atoms with E-state index in [4.69, 9.17) is 4.74 Å². The number of ether oxygens (including phenoxy) is 1. The predicted molar refractivity (Wildman–Crippen MR) is 135 cm³/mol. The van der Waals surface area contributed by atoms with E-state index < -0.39 is 23.6 Å². The van der Waals surface area contributed by atoms with E-state index in [-0.39, 0.29) is 18.5 Å². The van der Waals surface area contributed by atoms with Gasteiger partial charge in [-0.05, 0) is 70.4 Å². The Morgan fingerprint density at radius 1 is 1.09 bits per heavy atom. The van der Waals surface area contributed by atoms with Gasteiger partial charge in [0.15, 0.2) is 0 Å². The van der Waals surface area contributed by atoms with Gasteiger partial charge in [0.05, 0.1) is 0 Å². The van der Waals surface area contributed by atoms with Crippen molar-refractivity contribution in [3.63, 3.8) is 0 Å². The van der Waals surface area contributed by atoms with E-state index in [1.165, 1.54) is 4.90 Å². The number of anilines is 1. The van der Waals surface area contributed by atoms with E-state index >= 15 is 0 Å². The monoisotopic (exact) mass is 465 g/mol. The molecule has 0 fully saturated rings. The molecule has 3 amide bonds. The molecule has 0 saturated carbocycles. The fourth-order valence-corrected chi connectivity index (χ4v) is 3.49. The third-order valence-electron chi connectivity index (χ3n) is 5.02. The van der Waals surface area contributed by atoms with Crippen LogP contribution >= 0.6 is 0 Å². The zero-order chi connectivity index (χ0) is 25.5. The van der Waals surface area contributed by atoms with Crippen LogP contribution in [0.1, 0.15) is 57.4 Å². The second-order valence-corrected chi connectivity index (χ2v) is 9.33. The highest BCUT2D eigenvalue weighted by Gasteiger charge is 2.34. The number of nitrogens with zero attached hydrogens (tertiary/aromatic N) is 1. The highest BCUT2D eigenvalue weighted by molar-refractivity contribution is 5.99. The topological polar surface area (TPSA) is 87.7 Å². The summed E-state index contributed by atoms with van der Waals surface area (Å²) in [6.45, 7) is 14.3. The van der Waals surface area contributed by atoms with Gasteiger partial charge in [-0.1, -0.05) is 49.1 Å². The maximum atomic E-state index is 13.6. The largest absolute Gasteiger partial charge is 0.444 e. The van der Waals surface area contributed by atoms with Crippen molar-refractivity contribution >= 4 is 29.7 Å². The molecule has 34 heavy (non-hydrogen) atoms. The van der Waals surface area contributed by atoms with Gasteiger partial charge in [0.25, 0.3) is 5.91 Å². The van der Waals surface area contributed by atoms with Gasteiger partial charge in [-0.15, -0.1) is 0 Å². The summed E-state index contributed by atoms with van der Waals surface area (Å²) in [4.78, 5) is 40.5. The van der Waals surface area contributed by atoms with E-state index in [0.717, 1.165) is 11.1 Å². The molecule has 0 bridgehead atoms. The van der Waals surface area contributed by atoms with Crippen molar-refractivity contribution in [2.45, 2.75) is 59.2 Å². The van der Waals surface area contributed by atoms with Crippen LogP contribution in [0.25, 0.3) is 6.08 Å². The van der Waals surface area contributed by atoms with E-state index in [9.17, 15) is 14.4 Å². The molecule has 2 N–H and O–H groups in total. The van der Waals surface area contributed by atoms with E-state index in [1.807, 2.05) is 63.2 Å². The SMILES string of the molecule is C=Cc1cccc(C(C(=O)Nc2ccccc2C)N(C(=O)CNC(=O)OC(C)(C)C)C(C)C)c1. The maximum Gasteiger partial charge on any atom is 0.408 e. The summed E-state index contributed by atoms with van der Waals surface area (Å²) in [5, 5.41) is 5.46. The molecule has 2 aromatic rings. The molecule has 0 radical (unpaired) electrons. The van der Waals surface area contributed by atoms with E-state index in [0.29, 0.717) is 11.3 Å². The van der Waals surface area contributed by atoms with Gasteiger partial charge in [-0.25, -0.2) is 4.79 Å². The van der Waals surface area contributed by atoms with Crippen LogP contribution in [0.5, 0.6) is 0 Å². The molecule has 1 unspecified atom stereocenters. The lowest BCUT2D eigenvalue weighted by Gasteiger charge is -2.35. The first-order valence-electron chi connectivity index (χ1n) is 11.3.